The quantitative estimate of drug-likeness (QED) is 0.0707. The third-order valence-electron chi connectivity index (χ3n) is 5.77. The zero-order chi connectivity index (χ0) is 30.1. The van der Waals surface area contributed by atoms with E-state index in [1.807, 2.05) is 33.8 Å². The summed E-state index contributed by atoms with van der Waals surface area (Å²) in [5, 5.41) is 0. The van der Waals surface area contributed by atoms with Gasteiger partial charge in [-0.25, -0.2) is 9.59 Å². The molecule has 0 saturated carbocycles. The van der Waals surface area contributed by atoms with Crippen molar-refractivity contribution in [3.63, 3.8) is 0 Å². The van der Waals surface area contributed by atoms with Gasteiger partial charge in [-0.1, -0.05) is 25.1 Å². The molecular formula is C33H42O8. The standard InChI is InChI=1S/C33H42O8/c1-6-7-10-22-39-30(34)20-14-25-13-19-28(29(24-25)37-5)41-31(35)26-15-17-27(18-16-26)38-21-11-8-9-12-23-40-32(36)33(2,3)4/h7,10,13-20,24H,6,8-9,11-12,21-23H2,1-5H3/b10-7+,20-14+. The Kier molecular flexibility index (Phi) is 14.2. The first-order valence-corrected chi connectivity index (χ1v) is 13.9. The number of benzene rings is 2. The maximum absolute atomic E-state index is 12.7. The fourth-order valence-corrected chi connectivity index (χ4v) is 3.42. The Labute approximate surface area is 243 Å². The zero-order valence-corrected chi connectivity index (χ0v) is 24.8. The van der Waals surface area contributed by atoms with Crippen LogP contribution in [0, 0.1) is 5.41 Å². The van der Waals surface area contributed by atoms with Crippen LogP contribution in [-0.2, 0) is 19.1 Å². The summed E-state index contributed by atoms with van der Waals surface area (Å²) in [6.45, 7) is 8.74. The van der Waals surface area contributed by atoms with Crippen LogP contribution in [-0.4, -0.2) is 44.8 Å². The molecule has 0 atom stereocenters. The molecule has 8 nitrogen and oxygen atoms in total. The minimum Gasteiger partial charge on any atom is -0.494 e. The normalized spacial score (nSPS) is 11.4. The van der Waals surface area contributed by atoms with Crippen LogP contribution in [0.4, 0.5) is 0 Å². The molecule has 0 aromatic heterocycles. The van der Waals surface area contributed by atoms with E-state index in [2.05, 4.69) is 0 Å². The van der Waals surface area contributed by atoms with Crippen molar-refractivity contribution >= 4 is 24.0 Å². The maximum atomic E-state index is 12.7. The predicted molar refractivity (Wildman–Crippen MR) is 158 cm³/mol. The second-order valence-corrected chi connectivity index (χ2v) is 10.3. The average Bonchev–Trinajstić information content (AvgIpc) is 2.95. The summed E-state index contributed by atoms with van der Waals surface area (Å²) in [6, 6.07) is 11.7. The fourth-order valence-electron chi connectivity index (χ4n) is 3.42. The molecule has 0 aliphatic carbocycles. The Hall–Kier alpha value is -4.07. The van der Waals surface area contributed by atoms with Gasteiger partial charge in [-0.05, 0) is 101 Å². The molecule has 0 bridgehead atoms. The molecule has 0 amide bonds. The molecule has 0 unspecified atom stereocenters. The van der Waals surface area contributed by atoms with E-state index in [1.54, 1.807) is 54.6 Å². The molecule has 0 aliphatic rings. The number of hydrogen-bond acceptors (Lipinski definition) is 8. The first kappa shape index (κ1) is 33.1. The second-order valence-electron chi connectivity index (χ2n) is 10.3. The summed E-state index contributed by atoms with van der Waals surface area (Å²) in [4.78, 5) is 36.3. The maximum Gasteiger partial charge on any atom is 0.343 e. The van der Waals surface area contributed by atoms with Gasteiger partial charge in [0.2, 0.25) is 0 Å². The average molecular weight is 567 g/mol. The van der Waals surface area contributed by atoms with Gasteiger partial charge >= 0.3 is 17.9 Å². The van der Waals surface area contributed by atoms with Crippen molar-refractivity contribution in [1.82, 2.24) is 0 Å². The molecule has 0 spiro atoms. The zero-order valence-electron chi connectivity index (χ0n) is 24.8. The monoisotopic (exact) mass is 566 g/mol. The van der Waals surface area contributed by atoms with Gasteiger partial charge < -0.3 is 23.7 Å². The highest BCUT2D eigenvalue weighted by atomic mass is 16.6. The molecule has 222 valence electrons. The lowest BCUT2D eigenvalue weighted by Gasteiger charge is -2.16. The Balaban J connectivity index is 1.77. The van der Waals surface area contributed by atoms with Gasteiger partial charge in [0, 0.05) is 6.08 Å². The molecule has 0 N–H and O–H groups in total. The molecule has 41 heavy (non-hydrogen) atoms. The summed E-state index contributed by atoms with van der Waals surface area (Å²) in [5.41, 5.74) is 0.586. The number of carbonyl (C=O) groups excluding carboxylic acids is 3. The number of rotatable bonds is 16. The molecule has 0 heterocycles. The number of hydrogen-bond donors (Lipinski definition) is 0. The van der Waals surface area contributed by atoms with Crippen LogP contribution in [0.1, 0.15) is 75.7 Å². The van der Waals surface area contributed by atoms with Crippen molar-refractivity contribution in [2.24, 2.45) is 5.41 Å². The number of carbonyl (C=O) groups is 3. The molecule has 2 rings (SSSR count). The van der Waals surface area contributed by atoms with Gasteiger partial charge in [0.05, 0.1) is 31.3 Å². The van der Waals surface area contributed by atoms with E-state index in [0.29, 0.717) is 35.8 Å². The van der Waals surface area contributed by atoms with E-state index in [-0.39, 0.29) is 18.3 Å². The molecule has 0 saturated heterocycles. The summed E-state index contributed by atoms with van der Waals surface area (Å²) in [5.74, 6) is 0.110. The van der Waals surface area contributed by atoms with E-state index >= 15 is 0 Å². The summed E-state index contributed by atoms with van der Waals surface area (Å²) >= 11 is 0. The van der Waals surface area contributed by atoms with E-state index in [0.717, 1.165) is 32.1 Å². The van der Waals surface area contributed by atoms with E-state index in [1.165, 1.54) is 13.2 Å². The van der Waals surface area contributed by atoms with Crippen LogP contribution in [0.3, 0.4) is 0 Å². The summed E-state index contributed by atoms with van der Waals surface area (Å²) < 4.78 is 27.0. The highest BCUT2D eigenvalue weighted by Gasteiger charge is 2.22. The molecule has 2 aromatic rings. The van der Waals surface area contributed by atoms with Gasteiger partial charge in [0.1, 0.15) is 12.4 Å². The molecule has 8 heteroatoms. The third-order valence-corrected chi connectivity index (χ3v) is 5.77. The second kappa shape index (κ2) is 17.6. The fraction of sp³-hybridized carbons (Fsp3) is 0.424. The van der Waals surface area contributed by atoms with Gasteiger partial charge in [0.25, 0.3) is 0 Å². The van der Waals surface area contributed by atoms with Crippen molar-refractivity contribution in [1.29, 1.82) is 0 Å². The van der Waals surface area contributed by atoms with Crippen LogP contribution in [0.5, 0.6) is 17.2 Å². The smallest absolute Gasteiger partial charge is 0.343 e. The van der Waals surface area contributed by atoms with Crippen LogP contribution in [0.2, 0.25) is 0 Å². The van der Waals surface area contributed by atoms with E-state index in [4.69, 9.17) is 23.7 Å². The van der Waals surface area contributed by atoms with Crippen molar-refractivity contribution in [3.8, 4) is 17.2 Å². The third kappa shape index (κ3) is 12.8. The van der Waals surface area contributed by atoms with Gasteiger partial charge in [-0.3, -0.25) is 4.79 Å². The highest BCUT2D eigenvalue weighted by Crippen LogP contribution is 2.29. The topological polar surface area (TPSA) is 97.4 Å². The Morgan fingerprint density at radius 3 is 2.20 bits per heavy atom. The van der Waals surface area contributed by atoms with Gasteiger partial charge in [-0.2, -0.15) is 0 Å². The Bertz CT molecular complexity index is 1170. The van der Waals surface area contributed by atoms with Crippen LogP contribution < -0.4 is 14.2 Å². The van der Waals surface area contributed by atoms with Gasteiger partial charge in [0.15, 0.2) is 11.5 Å². The highest BCUT2D eigenvalue weighted by molar-refractivity contribution is 5.91. The Morgan fingerprint density at radius 2 is 1.54 bits per heavy atom. The molecule has 2 aromatic carbocycles. The van der Waals surface area contributed by atoms with Crippen molar-refractivity contribution in [3.05, 3.63) is 71.8 Å². The number of ether oxygens (including phenoxy) is 5. The predicted octanol–water partition coefficient (Wildman–Crippen LogP) is 6.97. The van der Waals surface area contributed by atoms with Crippen LogP contribution >= 0.6 is 0 Å². The van der Waals surface area contributed by atoms with Gasteiger partial charge in [-0.15, -0.1) is 0 Å². The molecule has 0 aliphatic heterocycles. The lowest BCUT2D eigenvalue weighted by molar-refractivity contribution is -0.153. The van der Waals surface area contributed by atoms with E-state index < -0.39 is 17.4 Å². The minimum atomic E-state index is -0.533. The molecular weight excluding hydrogens is 524 g/mol. The number of allylic oxidation sites excluding steroid dienone is 1. The lowest BCUT2D eigenvalue weighted by Crippen LogP contribution is -2.23. The summed E-state index contributed by atoms with van der Waals surface area (Å²) in [7, 11) is 1.47. The summed E-state index contributed by atoms with van der Waals surface area (Å²) in [6.07, 6.45) is 11.2. The largest absolute Gasteiger partial charge is 0.494 e. The number of unbranched alkanes of at least 4 members (excludes halogenated alkanes) is 3. The van der Waals surface area contributed by atoms with Crippen LogP contribution in [0.25, 0.3) is 6.08 Å². The Morgan fingerprint density at radius 1 is 0.829 bits per heavy atom. The molecule has 0 fully saturated rings. The number of methoxy groups -OCH3 is 1. The molecule has 0 radical (unpaired) electrons. The van der Waals surface area contributed by atoms with Crippen LogP contribution in [0.15, 0.2) is 60.7 Å². The minimum absolute atomic E-state index is 0.176. The SMILES string of the molecule is CC/C=C/COC(=O)/C=C/c1ccc(OC(=O)c2ccc(OCCCCCCOC(=O)C(C)(C)C)cc2)c(OC)c1. The first-order valence-electron chi connectivity index (χ1n) is 13.9. The van der Waals surface area contributed by atoms with Crippen molar-refractivity contribution in [2.45, 2.75) is 59.8 Å². The lowest BCUT2D eigenvalue weighted by atomic mass is 9.97. The number of esters is 3. The first-order chi connectivity index (χ1) is 19.6. The van der Waals surface area contributed by atoms with Crippen molar-refractivity contribution in [2.75, 3.05) is 26.9 Å². The van der Waals surface area contributed by atoms with E-state index in [9.17, 15) is 14.4 Å². The van der Waals surface area contributed by atoms with Crippen molar-refractivity contribution < 1.29 is 38.1 Å².